The van der Waals surface area contributed by atoms with Gasteiger partial charge in [-0.2, -0.15) is 0 Å². The van der Waals surface area contributed by atoms with Crippen molar-refractivity contribution in [3.63, 3.8) is 0 Å². The third-order valence-corrected chi connectivity index (χ3v) is 7.63. The molecule has 2 fully saturated rings. The van der Waals surface area contributed by atoms with Gasteiger partial charge in [0.1, 0.15) is 11.9 Å². The number of rotatable bonds is 6. The number of carbonyl (C=O) groups is 2. The number of anilines is 1. The Balaban J connectivity index is 1.61. The van der Waals surface area contributed by atoms with Crippen LogP contribution in [0.4, 0.5) is 5.69 Å². The maximum absolute atomic E-state index is 14.0. The number of para-hydroxylation sites is 2. The minimum atomic E-state index is -0.302. The van der Waals surface area contributed by atoms with Crippen LogP contribution in [0.5, 0.6) is 0 Å². The van der Waals surface area contributed by atoms with E-state index in [0.29, 0.717) is 0 Å². The quantitative estimate of drug-likeness (QED) is 0.446. The Morgan fingerprint density at radius 1 is 0.914 bits per heavy atom. The number of aromatic nitrogens is 2. The zero-order valence-corrected chi connectivity index (χ0v) is 20.6. The molecule has 0 bridgehead atoms. The van der Waals surface area contributed by atoms with Gasteiger partial charge in [-0.1, -0.05) is 62.8 Å². The lowest BCUT2D eigenvalue weighted by atomic mass is 9.82. The van der Waals surface area contributed by atoms with E-state index >= 15 is 0 Å². The molecule has 2 amide bonds. The molecule has 184 valence electrons. The predicted octanol–water partition coefficient (Wildman–Crippen LogP) is 6.23. The van der Waals surface area contributed by atoms with Gasteiger partial charge >= 0.3 is 0 Å². The molecule has 3 aromatic rings. The Morgan fingerprint density at radius 3 is 2.37 bits per heavy atom. The van der Waals surface area contributed by atoms with Gasteiger partial charge in [-0.05, 0) is 55.9 Å². The molecule has 1 aromatic heterocycles. The third-order valence-electron chi connectivity index (χ3n) is 7.63. The number of nitrogens with zero attached hydrogens (tertiary/aromatic N) is 2. The van der Waals surface area contributed by atoms with E-state index in [1.807, 2.05) is 42.5 Å². The smallest absolute Gasteiger partial charge is 0.243 e. The highest BCUT2D eigenvalue weighted by Crippen LogP contribution is 2.39. The zero-order chi connectivity index (χ0) is 24.2. The average molecular weight is 473 g/mol. The lowest BCUT2D eigenvalue weighted by Crippen LogP contribution is -2.43. The van der Waals surface area contributed by atoms with Crippen LogP contribution >= 0.6 is 0 Å². The van der Waals surface area contributed by atoms with Gasteiger partial charge in [0.2, 0.25) is 11.8 Å². The molecule has 5 rings (SSSR count). The van der Waals surface area contributed by atoms with Crippen molar-refractivity contribution >= 4 is 28.5 Å². The van der Waals surface area contributed by atoms with Gasteiger partial charge in [0.05, 0.1) is 11.0 Å². The number of nitrogens with one attached hydrogen (secondary N) is 2. The van der Waals surface area contributed by atoms with Crippen LogP contribution in [0.2, 0.25) is 0 Å². The van der Waals surface area contributed by atoms with Crippen LogP contribution in [-0.4, -0.2) is 27.4 Å². The van der Waals surface area contributed by atoms with Crippen molar-refractivity contribution in [2.24, 2.45) is 5.92 Å². The highest BCUT2D eigenvalue weighted by atomic mass is 16.2. The van der Waals surface area contributed by atoms with Crippen LogP contribution in [0.25, 0.3) is 22.4 Å². The Morgan fingerprint density at radius 2 is 1.63 bits per heavy atom. The summed E-state index contributed by atoms with van der Waals surface area (Å²) < 4.78 is 2.19. The fraction of sp³-hybridized carbons (Fsp3) is 0.483. The second-order valence-corrected chi connectivity index (χ2v) is 10.2. The topological polar surface area (TPSA) is 76.0 Å². The molecule has 2 aromatic carbocycles. The fourth-order valence-electron chi connectivity index (χ4n) is 5.99. The summed E-state index contributed by atoms with van der Waals surface area (Å²) in [6.07, 6.45) is 11.5. The molecule has 2 aliphatic rings. The van der Waals surface area contributed by atoms with E-state index in [1.165, 1.54) is 32.6 Å². The highest BCUT2D eigenvalue weighted by molar-refractivity contribution is 5.90. The molecule has 6 heteroatoms. The van der Waals surface area contributed by atoms with Crippen molar-refractivity contribution in [1.82, 2.24) is 14.9 Å². The van der Waals surface area contributed by atoms with Crippen LogP contribution in [0, 0.1) is 5.92 Å². The van der Waals surface area contributed by atoms with Crippen molar-refractivity contribution in [3.05, 3.63) is 48.5 Å². The average Bonchev–Trinajstić information content (AvgIpc) is 3.25. The predicted molar refractivity (Wildman–Crippen MR) is 140 cm³/mol. The summed E-state index contributed by atoms with van der Waals surface area (Å²) in [6.45, 7) is 1.51. The number of carbonyl (C=O) groups excluding carboxylic acids is 2. The number of amides is 2. The van der Waals surface area contributed by atoms with E-state index in [0.717, 1.165) is 66.6 Å². The summed E-state index contributed by atoms with van der Waals surface area (Å²) >= 11 is 0. The lowest BCUT2D eigenvalue weighted by Gasteiger charge is -2.33. The van der Waals surface area contributed by atoms with E-state index in [9.17, 15) is 9.59 Å². The highest BCUT2D eigenvalue weighted by Gasteiger charge is 2.35. The first-order valence-corrected chi connectivity index (χ1v) is 13.3. The van der Waals surface area contributed by atoms with Gasteiger partial charge in [-0.3, -0.25) is 9.59 Å². The Hall–Kier alpha value is -3.15. The van der Waals surface area contributed by atoms with Crippen LogP contribution in [0.1, 0.15) is 77.2 Å². The summed E-state index contributed by atoms with van der Waals surface area (Å²) in [7, 11) is 0. The molecule has 0 spiro atoms. The van der Waals surface area contributed by atoms with E-state index in [4.69, 9.17) is 4.98 Å². The number of fused-ring (bicyclic) bond motifs is 1. The summed E-state index contributed by atoms with van der Waals surface area (Å²) in [4.78, 5) is 30.7. The maximum atomic E-state index is 14.0. The van der Waals surface area contributed by atoms with Gasteiger partial charge in [0, 0.05) is 24.2 Å². The van der Waals surface area contributed by atoms with Crippen molar-refractivity contribution in [2.45, 2.75) is 83.2 Å². The SMILES string of the molecule is CC(=O)Nc1cccc(-c2nc3ccccc3n2C(C(=O)NC2CCCCC2)C2CCCCC2)c1. The van der Waals surface area contributed by atoms with E-state index in [1.54, 1.807) is 0 Å². The van der Waals surface area contributed by atoms with Crippen molar-refractivity contribution in [2.75, 3.05) is 5.32 Å². The van der Waals surface area contributed by atoms with Crippen molar-refractivity contribution in [3.8, 4) is 11.4 Å². The van der Waals surface area contributed by atoms with Crippen LogP contribution in [-0.2, 0) is 9.59 Å². The van der Waals surface area contributed by atoms with Gasteiger partial charge < -0.3 is 15.2 Å². The molecule has 1 unspecified atom stereocenters. The van der Waals surface area contributed by atoms with Crippen LogP contribution < -0.4 is 10.6 Å². The normalized spacial score (nSPS) is 18.3. The summed E-state index contributed by atoms with van der Waals surface area (Å²) in [5.74, 6) is 1.09. The maximum Gasteiger partial charge on any atom is 0.243 e. The first kappa shape index (κ1) is 23.6. The number of imidazole rings is 1. The van der Waals surface area contributed by atoms with Gasteiger partial charge in [-0.25, -0.2) is 4.98 Å². The Bertz CT molecular complexity index is 1190. The first-order chi connectivity index (χ1) is 17.1. The van der Waals surface area contributed by atoms with Crippen molar-refractivity contribution in [1.29, 1.82) is 0 Å². The summed E-state index contributed by atoms with van der Waals surface area (Å²) in [5.41, 5.74) is 3.51. The third kappa shape index (κ3) is 5.26. The van der Waals surface area contributed by atoms with Gasteiger partial charge in [0.25, 0.3) is 0 Å². The zero-order valence-electron chi connectivity index (χ0n) is 20.6. The number of benzene rings is 2. The molecule has 2 aliphatic carbocycles. The molecule has 0 aliphatic heterocycles. The molecule has 1 atom stereocenters. The summed E-state index contributed by atoms with van der Waals surface area (Å²) in [5, 5.41) is 6.32. The van der Waals surface area contributed by atoms with Gasteiger partial charge in [0.15, 0.2) is 0 Å². The molecule has 2 saturated carbocycles. The minimum Gasteiger partial charge on any atom is -0.352 e. The van der Waals surface area contributed by atoms with Gasteiger partial charge in [-0.15, -0.1) is 0 Å². The fourth-order valence-corrected chi connectivity index (χ4v) is 5.99. The molecule has 1 heterocycles. The van der Waals surface area contributed by atoms with E-state index in [-0.39, 0.29) is 29.8 Å². The minimum absolute atomic E-state index is 0.109. The standard InChI is InChI=1S/C29H36N4O2/c1-20(34)30-24-16-10-13-22(19-24)28-32-25-17-8-9-18-26(25)33(28)27(21-11-4-2-5-12-21)29(35)31-23-14-6-3-7-15-23/h8-10,13,16-19,21,23,27H,2-7,11-12,14-15H2,1H3,(H,30,34)(H,31,35). The molecule has 6 nitrogen and oxygen atoms in total. The Labute approximate surface area is 207 Å². The molecular weight excluding hydrogens is 436 g/mol. The monoisotopic (exact) mass is 472 g/mol. The molecule has 2 N–H and O–H groups in total. The van der Waals surface area contributed by atoms with Crippen molar-refractivity contribution < 1.29 is 9.59 Å². The molecular formula is C29H36N4O2. The first-order valence-electron chi connectivity index (χ1n) is 13.3. The van der Waals surface area contributed by atoms with Crippen LogP contribution in [0.15, 0.2) is 48.5 Å². The van der Waals surface area contributed by atoms with Crippen LogP contribution in [0.3, 0.4) is 0 Å². The summed E-state index contributed by atoms with van der Waals surface area (Å²) in [6, 6.07) is 15.9. The second kappa shape index (κ2) is 10.6. The number of hydrogen-bond donors (Lipinski definition) is 2. The lowest BCUT2D eigenvalue weighted by molar-refractivity contribution is -0.127. The molecule has 0 radical (unpaired) electrons. The van der Waals surface area contributed by atoms with E-state index in [2.05, 4.69) is 21.3 Å². The molecule has 0 saturated heterocycles. The molecule has 35 heavy (non-hydrogen) atoms. The number of hydrogen-bond acceptors (Lipinski definition) is 3. The Kier molecular flexibility index (Phi) is 7.16. The van der Waals surface area contributed by atoms with E-state index < -0.39 is 0 Å². The second-order valence-electron chi connectivity index (χ2n) is 10.2. The largest absolute Gasteiger partial charge is 0.352 e.